The number of thioether (sulfide) groups is 1. The Bertz CT molecular complexity index is 160. The molecule has 1 fully saturated rings. The first-order valence-corrected chi connectivity index (χ1v) is 3.32. The van der Waals surface area contributed by atoms with Crippen LogP contribution in [0.25, 0.3) is 0 Å². The maximum Gasteiger partial charge on any atom is 0.353 e. The van der Waals surface area contributed by atoms with Crippen molar-refractivity contribution >= 4 is 23.7 Å². The van der Waals surface area contributed by atoms with Gasteiger partial charge in [0.05, 0.1) is 0 Å². The van der Waals surface area contributed by atoms with Crippen LogP contribution in [0.5, 0.6) is 0 Å². The summed E-state index contributed by atoms with van der Waals surface area (Å²) in [5.41, 5.74) is -2.90. The number of ether oxygens (including phenoxy) is 1. The molecule has 1 aliphatic rings. The Morgan fingerprint density at radius 1 is 1.20 bits per heavy atom. The number of carbonyl (C=O) groups excluding carboxylic acids is 2. The molecule has 1 saturated heterocycles. The van der Waals surface area contributed by atoms with Gasteiger partial charge in [-0.25, -0.2) is 9.59 Å². The second-order valence-electron chi connectivity index (χ2n) is 1.58. The molecular weight excluding hydrogens is 160 g/mol. The van der Waals surface area contributed by atoms with Gasteiger partial charge in [-0.3, -0.25) is 0 Å². The van der Waals surface area contributed by atoms with Crippen LogP contribution in [-0.4, -0.2) is 33.0 Å². The highest BCUT2D eigenvalue weighted by molar-refractivity contribution is 8.01. The average Bonchev–Trinajstić information content (AvgIpc) is 1.84. The molecule has 2 N–H and O–H groups in total. The molecule has 0 bridgehead atoms. The molecule has 1 heterocycles. The Morgan fingerprint density at radius 3 is 1.90 bits per heavy atom. The minimum absolute atomic E-state index is 0.444. The van der Waals surface area contributed by atoms with Gasteiger partial charge in [0.2, 0.25) is 10.9 Å². The van der Waals surface area contributed by atoms with Crippen LogP contribution in [0, 0.1) is 0 Å². The number of rotatable bonds is 0. The quantitative estimate of drug-likeness (QED) is 0.333. The Labute approximate surface area is 60.0 Å². The van der Waals surface area contributed by atoms with Gasteiger partial charge in [0.25, 0.3) is 0 Å². The van der Waals surface area contributed by atoms with Crippen LogP contribution in [0.4, 0.5) is 0 Å². The number of aliphatic hydroxyl groups is 2. The lowest BCUT2D eigenvalue weighted by Gasteiger charge is -2.17. The molecule has 0 aromatic heterocycles. The topological polar surface area (TPSA) is 83.8 Å². The van der Waals surface area contributed by atoms with E-state index in [9.17, 15) is 9.59 Å². The van der Waals surface area contributed by atoms with Crippen molar-refractivity contribution < 1.29 is 24.5 Å². The second-order valence-corrected chi connectivity index (χ2v) is 2.75. The second kappa shape index (κ2) is 2.57. The first-order chi connectivity index (χ1) is 4.61. The van der Waals surface area contributed by atoms with Crippen molar-refractivity contribution in [2.75, 3.05) is 0 Å². The highest BCUT2D eigenvalue weighted by Gasteiger charge is 2.35. The summed E-state index contributed by atoms with van der Waals surface area (Å²) in [5.74, 6) is -2.05. The molecule has 0 amide bonds. The molecular formula is C4H4O5S. The average molecular weight is 164 g/mol. The van der Waals surface area contributed by atoms with E-state index in [0.717, 1.165) is 0 Å². The predicted octanol–water partition coefficient (Wildman–Crippen LogP) is -1.56. The van der Waals surface area contributed by atoms with Gasteiger partial charge in [-0.05, 0) is 0 Å². The summed E-state index contributed by atoms with van der Waals surface area (Å²) in [7, 11) is 0. The molecule has 0 aliphatic carbocycles. The SMILES string of the molecule is O=C1OC(=O)[C@@H](O)S[C@H]1O. The minimum atomic E-state index is -1.45. The molecule has 0 radical (unpaired) electrons. The van der Waals surface area contributed by atoms with E-state index in [2.05, 4.69) is 4.74 Å². The molecule has 2 atom stereocenters. The van der Waals surface area contributed by atoms with E-state index in [4.69, 9.17) is 10.2 Å². The van der Waals surface area contributed by atoms with Gasteiger partial charge in [-0.1, -0.05) is 11.8 Å². The van der Waals surface area contributed by atoms with Gasteiger partial charge in [0, 0.05) is 0 Å². The monoisotopic (exact) mass is 164 g/mol. The molecule has 1 aliphatic heterocycles. The fraction of sp³-hybridized carbons (Fsp3) is 0.500. The van der Waals surface area contributed by atoms with Crippen LogP contribution in [0.15, 0.2) is 0 Å². The Balaban J connectivity index is 2.63. The van der Waals surface area contributed by atoms with Crippen LogP contribution in [0.1, 0.15) is 0 Å². The predicted molar refractivity (Wildman–Crippen MR) is 30.7 cm³/mol. The van der Waals surface area contributed by atoms with Crippen LogP contribution in [0.3, 0.4) is 0 Å². The zero-order chi connectivity index (χ0) is 7.72. The fourth-order valence-electron chi connectivity index (χ4n) is 0.433. The van der Waals surface area contributed by atoms with Crippen molar-refractivity contribution in [1.82, 2.24) is 0 Å². The molecule has 56 valence electrons. The molecule has 0 aromatic rings. The number of esters is 2. The molecule has 0 aromatic carbocycles. The highest BCUT2D eigenvalue weighted by Crippen LogP contribution is 2.21. The zero-order valence-electron chi connectivity index (χ0n) is 4.68. The van der Waals surface area contributed by atoms with Crippen molar-refractivity contribution in [3.05, 3.63) is 0 Å². The third-order valence-electron chi connectivity index (χ3n) is 0.862. The van der Waals surface area contributed by atoms with E-state index in [1.165, 1.54) is 0 Å². The third-order valence-corrected chi connectivity index (χ3v) is 1.76. The molecule has 0 saturated carbocycles. The van der Waals surface area contributed by atoms with Gasteiger partial charge < -0.3 is 14.9 Å². The summed E-state index contributed by atoms with van der Waals surface area (Å²) in [6.07, 6.45) is 0. The smallest absolute Gasteiger partial charge is 0.353 e. The maximum absolute atomic E-state index is 10.3. The highest BCUT2D eigenvalue weighted by atomic mass is 32.2. The number of cyclic esters (lactones) is 2. The molecule has 0 spiro atoms. The zero-order valence-corrected chi connectivity index (χ0v) is 5.50. The maximum atomic E-state index is 10.3. The van der Waals surface area contributed by atoms with Crippen molar-refractivity contribution in [2.24, 2.45) is 0 Å². The molecule has 6 heteroatoms. The van der Waals surface area contributed by atoms with Crippen LogP contribution < -0.4 is 0 Å². The Hall–Kier alpha value is -0.590. The summed E-state index contributed by atoms with van der Waals surface area (Å²) in [5, 5.41) is 17.3. The van der Waals surface area contributed by atoms with Crippen molar-refractivity contribution in [3.63, 3.8) is 0 Å². The van der Waals surface area contributed by atoms with Gasteiger partial charge in [0.15, 0.2) is 0 Å². The third kappa shape index (κ3) is 1.28. The Kier molecular flexibility index (Phi) is 1.93. The van der Waals surface area contributed by atoms with Crippen LogP contribution >= 0.6 is 11.8 Å². The summed E-state index contributed by atoms with van der Waals surface area (Å²) in [6.45, 7) is 0. The van der Waals surface area contributed by atoms with Crippen molar-refractivity contribution in [1.29, 1.82) is 0 Å². The summed E-state index contributed by atoms with van der Waals surface area (Å²) >= 11 is 0.444. The van der Waals surface area contributed by atoms with E-state index in [1.807, 2.05) is 0 Å². The molecule has 10 heavy (non-hydrogen) atoms. The first-order valence-electron chi connectivity index (χ1n) is 2.38. The van der Waals surface area contributed by atoms with E-state index in [1.54, 1.807) is 0 Å². The van der Waals surface area contributed by atoms with Gasteiger partial charge in [-0.2, -0.15) is 0 Å². The molecule has 5 nitrogen and oxygen atoms in total. The number of hydrogen-bond donors (Lipinski definition) is 2. The number of carbonyl (C=O) groups is 2. The van der Waals surface area contributed by atoms with E-state index in [0.29, 0.717) is 11.8 Å². The first kappa shape index (κ1) is 7.52. The fourth-order valence-corrected chi connectivity index (χ4v) is 0.996. The van der Waals surface area contributed by atoms with Crippen molar-refractivity contribution in [2.45, 2.75) is 10.9 Å². The van der Waals surface area contributed by atoms with Gasteiger partial charge in [0.1, 0.15) is 0 Å². The van der Waals surface area contributed by atoms with Crippen LogP contribution in [0.2, 0.25) is 0 Å². The lowest BCUT2D eigenvalue weighted by atomic mass is 10.6. The minimum Gasteiger partial charge on any atom is -0.388 e. The molecule has 1 rings (SSSR count). The largest absolute Gasteiger partial charge is 0.388 e. The summed E-state index contributed by atoms with van der Waals surface area (Å²) in [6, 6.07) is 0. The van der Waals surface area contributed by atoms with E-state index >= 15 is 0 Å². The normalized spacial score (nSPS) is 33.8. The van der Waals surface area contributed by atoms with Gasteiger partial charge >= 0.3 is 11.9 Å². The lowest BCUT2D eigenvalue weighted by Crippen LogP contribution is -2.36. The number of aliphatic hydroxyl groups excluding tert-OH is 2. The lowest BCUT2D eigenvalue weighted by molar-refractivity contribution is -0.167. The summed E-state index contributed by atoms with van der Waals surface area (Å²) < 4.78 is 3.91. The van der Waals surface area contributed by atoms with E-state index < -0.39 is 22.8 Å². The number of hydrogen-bond acceptors (Lipinski definition) is 6. The van der Waals surface area contributed by atoms with Crippen LogP contribution in [-0.2, 0) is 14.3 Å². The molecule has 0 unspecified atom stereocenters. The Morgan fingerprint density at radius 2 is 1.60 bits per heavy atom. The van der Waals surface area contributed by atoms with Gasteiger partial charge in [-0.15, -0.1) is 0 Å². The summed E-state index contributed by atoms with van der Waals surface area (Å²) in [4.78, 5) is 20.7. The standard InChI is InChI=1S/C4H4O5S/c5-1-3(7)10-4(8)2(6)9-1/h3-4,7-8H/t3-,4+. The van der Waals surface area contributed by atoms with Crippen molar-refractivity contribution in [3.8, 4) is 0 Å². The van der Waals surface area contributed by atoms with E-state index in [-0.39, 0.29) is 0 Å².